The molecule has 0 aliphatic heterocycles. The molecule has 0 saturated carbocycles. The first kappa shape index (κ1) is 19.2. The molecule has 0 fully saturated rings. The lowest BCUT2D eigenvalue weighted by Gasteiger charge is -2.33. The van der Waals surface area contributed by atoms with Gasteiger partial charge in [0, 0.05) is 12.0 Å². The molecule has 0 aromatic rings. The van der Waals surface area contributed by atoms with E-state index in [0.29, 0.717) is 12.5 Å². The molecular weight excluding hydrogens is 254 g/mol. The van der Waals surface area contributed by atoms with E-state index in [4.69, 9.17) is 4.74 Å². The molecule has 0 aliphatic carbocycles. The first-order valence-electron chi connectivity index (χ1n) is 7.72. The number of ether oxygens (including phenoxy) is 1. The van der Waals surface area contributed by atoms with E-state index in [2.05, 4.69) is 26.1 Å². The van der Waals surface area contributed by atoms with Crippen LogP contribution in [0.1, 0.15) is 67.2 Å². The molecule has 0 bridgehead atoms. The Morgan fingerprint density at radius 1 is 1.25 bits per heavy atom. The molecule has 4 nitrogen and oxygen atoms in total. The summed E-state index contributed by atoms with van der Waals surface area (Å²) in [7, 11) is 0. The van der Waals surface area contributed by atoms with Crippen molar-refractivity contribution in [2.75, 3.05) is 13.2 Å². The molecule has 1 amide bonds. The Balaban J connectivity index is 4.52. The van der Waals surface area contributed by atoms with E-state index in [1.165, 1.54) is 0 Å². The van der Waals surface area contributed by atoms with Crippen molar-refractivity contribution >= 4 is 6.09 Å². The van der Waals surface area contributed by atoms with E-state index in [9.17, 15) is 9.90 Å². The molecule has 0 radical (unpaired) electrons. The number of hydrogen-bond donors (Lipinski definition) is 2. The molecule has 1 unspecified atom stereocenters. The van der Waals surface area contributed by atoms with Crippen LogP contribution >= 0.6 is 0 Å². The number of amides is 1. The van der Waals surface area contributed by atoms with Gasteiger partial charge in [0.25, 0.3) is 0 Å². The zero-order valence-corrected chi connectivity index (χ0v) is 14.1. The Morgan fingerprint density at radius 2 is 1.85 bits per heavy atom. The summed E-state index contributed by atoms with van der Waals surface area (Å²) in [6.45, 7) is 12.6. The molecule has 0 spiro atoms. The minimum Gasteiger partial charge on any atom is -0.444 e. The van der Waals surface area contributed by atoms with Gasteiger partial charge in [-0.3, -0.25) is 0 Å². The summed E-state index contributed by atoms with van der Waals surface area (Å²) in [5.41, 5.74) is -0.718. The maximum Gasteiger partial charge on any atom is 0.407 e. The van der Waals surface area contributed by atoms with E-state index < -0.39 is 11.7 Å². The number of aliphatic hydroxyl groups excluding tert-OH is 1. The average molecular weight is 287 g/mol. The molecular formula is C16H33NO3. The van der Waals surface area contributed by atoms with Crippen LogP contribution in [0.25, 0.3) is 0 Å². The fourth-order valence-corrected chi connectivity index (χ4v) is 2.21. The van der Waals surface area contributed by atoms with Crippen LogP contribution < -0.4 is 5.32 Å². The van der Waals surface area contributed by atoms with Crippen LogP contribution in [0.15, 0.2) is 0 Å². The van der Waals surface area contributed by atoms with Crippen molar-refractivity contribution in [3.8, 4) is 0 Å². The number of carbonyl (C=O) groups excluding carboxylic acids is 1. The second-order valence-corrected chi connectivity index (χ2v) is 7.20. The number of alkyl carbamates (subject to hydrolysis) is 1. The van der Waals surface area contributed by atoms with Crippen LogP contribution in [0.4, 0.5) is 4.79 Å². The van der Waals surface area contributed by atoms with Crippen molar-refractivity contribution in [2.45, 2.75) is 72.8 Å². The summed E-state index contributed by atoms with van der Waals surface area (Å²) in [5.74, 6) is 0.597. The van der Waals surface area contributed by atoms with Crippen molar-refractivity contribution in [2.24, 2.45) is 11.3 Å². The Labute approximate surface area is 124 Å². The minimum atomic E-state index is -0.491. The minimum absolute atomic E-state index is 0.101. The Hall–Kier alpha value is -0.770. The van der Waals surface area contributed by atoms with E-state index in [0.717, 1.165) is 25.7 Å². The summed E-state index contributed by atoms with van der Waals surface area (Å²) in [6.07, 6.45) is 3.47. The molecule has 0 aromatic carbocycles. The lowest BCUT2D eigenvalue weighted by molar-refractivity contribution is 0.0437. The van der Waals surface area contributed by atoms with Crippen molar-refractivity contribution in [1.29, 1.82) is 0 Å². The molecule has 0 aliphatic rings. The SMILES string of the molecule is CCCC(CO)(CCC(C)C)CNC(=O)OC(C)(C)C. The van der Waals surface area contributed by atoms with Gasteiger partial charge in [-0.15, -0.1) is 0 Å². The van der Waals surface area contributed by atoms with Gasteiger partial charge in [0.05, 0.1) is 6.61 Å². The van der Waals surface area contributed by atoms with E-state index in [-0.39, 0.29) is 12.0 Å². The van der Waals surface area contributed by atoms with Gasteiger partial charge in [0.1, 0.15) is 5.60 Å². The second-order valence-electron chi connectivity index (χ2n) is 7.20. The summed E-state index contributed by atoms with van der Waals surface area (Å²) in [6, 6.07) is 0. The molecule has 0 heterocycles. The number of hydrogen-bond acceptors (Lipinski definition) is 3. The van der Waals surface area contributed by atoms with Crippen LogP contribution in [-0.2, 0) is 4.74 Å². The third-order valence-electron chi connectivity index (χ3n) is 3.37. The third-order valence-corrected chi connectivity index (χ3v) is 3.37. The Kier molecular flexibility index (Phi) is 8.17. The second kappa shape index (κ2) is 8.50. The Bertz CT molecular complexity index is 284. The maximum absolute atomic E-state index is 11.7. The summed E-state index contributed by atoms with van der Waals surface area (Å²) in [5, 5.41) is 12.6. The molecule has 20 heavy (non-hydrogen) atoms. The normalized spacial score (nSPS) is 15.0. The lowest BCUT2D eigenvalue weighted by atomic mass is 9.78. The summed E-state index contributed by atoms with van der Waals surface area (Å²) in [4.78, 5) is 11.7. The molecule has 120 valence electrons. The van der Waals surface area contributed by atoms with E-state index in [1.807, 2.05) is 20.8 Å². The van der Waals surface area contributed by atoms with Crippen LogP contribution in [0.5, 0.6) is 0 Å². The van der Waals surface area contributed by atoms with Crippen molar-refractivity contribution in [3.05, 3.63) is 0 Å². The monoisotopic (exact) mass is 287 g/mol. The number of carbonyl (C=O) groups is 1. The maximum atomic E-state index is 11.7. The fourth-order valence-electron chi connectivity index (χ4n) is 2.21. The molecule has 0 aromatic heterocycles. The Morgan fingerprint density at radius 3 is 2.25 bits per heavy atom. The zero-order chi connectivity index (χ0) is 15.8. The average Bonchev–Trinajstić information content (AvgIpc) is 2.31. The predicted molar refractivity (Wildman–Crippen MR) is 82.7 cm³/mol. The van der Waals surface area contributed by atoms with Gasteiger partial charge in [-0.1, -0.05) is 33.6 Å². The highest BCUT2D eigenvalue weighted by molar-refractivity contribution is 5.67. The standard InChI is InChI=1S/C16H33NO3/c1-7-9-16(12-18,10-8-13(2)3)11-17-14(19)20-15(4,5)6/h13,18H,7-12H2,1-6H3,(H,17,19). The number of nitrogens with one attached hydrogen (secondary N) is 1. The number of rotatable bonds is 8. The van der Waals surface area contributed by atoms with Crippen molar-refractivity contribution in [3.63, 3.8) is 0 Å². The molecule has 2 N–H and O–H groups in total. The highest BCUT2D eigenvalue weighted by Gasteiger charge is 2.30. The van der Waals surface area contributed by atoms with Gasteiger partial charge in [0.2, 0.25) is 0 Å². The topological polar surface area (TPSA) is 58.6 Å². The van der Waals surface area contributed by atoms with Gasteiger partial charge < -0.3 is 15.2 Å². The summed E-state index contributed by atoms with van der Waals surface area (Å²) >= 11 is 0. The fraction of sp³-hybridized carbons (Fsp3) is 0.938. The van der Waals surface area contributed by atoms with Gasteiger partial charge >= 0.3 is 6.09 Å². The first-order valence-corrected chi connectivity index (χ1v) is 7.72. The lowest BCUT2D eigenvalue weighted by Crippen LogP contribution is -2.42. The zero-order valence-electron chi connectivity index (χ0n) is 14.1. The molecule has 4 heteroatoms. The van der Waals surface area contributed by atoms with Crippen molar-refractivity contribution < 1.29 is 14.6 Å². The first-order chi connectivity index (χ1) is 9.14. The highest BCUT2D eigenvalue weighted by Crippen LogP contribution is 2.30. The van der Waals surface area contributed by atoms with Crippen molar-refractivity contribution in [1.82, 2.24) is 5.32 Å². The van der Waals surface area contributed by atoms with Crippen LogP contribution in [0, 0.1) is 11.3 Å². The third kappa shape index (κ3) is 8.41. The quantitative estimate of drug-likeness (QED) is 0.715. The number of aliphatic hydroxyl groups is 1. The van der Waals surface area contributed by atoms with Gasteiger partial charge in [-0.05, 0) is 39.5 Å². The predicted octanol–water partition coefficient (Wildman–Crippen LogP) is 3.73. The van der Waals surface area contributed by atoms with Gasteiger partial charge in [-0.2, -0.15) is 0 Å². The van der Waals surface area contributed by atoms with Crippen LogP contribution in [-0.4, -0.2) is 30.0 Å². The smallest absolute Gasteiger partial charge is 0.407 e. The van der Waals surface area contributed by atoms with Gasteiger partial charge in [-0.25, -0.2) is 4.79 Å². The van der Waals surface area contributed by atoms with E-state index >= 15 is 0 Å². The van der Waals surface area contributed by atoms with Crippen LogP contribution in [0.2, 0.25) is 0 Å². The van der Waals surface area contributed by atoms with Gasteiger partial charge in [0.15, 0.2) is 0 Å². The molecule has 1 atom stereocenters. The molecule has 0 rings (SSSR count). The molecule has 0 saturated heterocycles. The van der Waals surface area contributed by atoms with Crippen LogP contribution in [0.3, 0.4) is 0 Å². The largest absolute Gasteiger partial charge is 0.444 e. The highest BCUT2D eigenvalue weighted by atomic mass is 16.6. The summed E-state index contributed by atoms with van der Waals surface area (Å²) < 4.78 is 5.25. The van der Waals surface area contributed by atoms with E-state index in [1.54, 1.807) is 0 Å².